The molecule has 2 amide bonds. The highest BCUT2D eigenvalue weighted by Crippen LogP contribution is 2.38. The summed E-state index contributed by atoms with van der Waals surface area (Å²) in [7, 11) is 0. The predicted molar refractivity (Wildman–Crippen MR) is 73.7 cm³/mol. The van der Waals surface area contributed by atoms with E-state index in [1.165, 1.54) is 12.8 Å². The molecule has 0 aromatic carbocycles. The van der Waals surface area contributed by atoms with E-state index in [0.29, 0.717) is 38.5 Å². The zero-order valence-corrected chi connectivity index (χ0v) is 11.7. The van der Waals surface area contributed by atoms with E-state index in [2.05, 4.69) is 10.4 Å². The van der Waals surface area contributed by atoms with Gasteiger partial charge in [-0.1, -0.05) is 0 Å². The lowest BCUT2D eigenvalue weighted by Gasteiger charge is -2.37. The molecular weight excluding hydrogens is 272 g/mol. The number of hydrogen-bond acceptors (Lipinski definition) is 4. The highest BCUT2D eigenvalue weighted by Gasteiger charge is 2.49. The van der Waals surface area contributed by atoms with Crippen LogP contribution in [-0.2, 0) is 15.1 Å². The fourth-order valence-electron chi connectivity index (χ4n) is 3.13. The number of nitrogens with one attached hydrogen (secondary N) is 1. The zero-order chi connectivity index (χ0) is 14.4. The van der Waals surface area contributed by atoms with Gasteiger partial charge < -0.3 is 15.0 Å². The Bertz CT molecular complexity index is 585. The largest absolute Gasteiger partial charge is 0.449 e. The molecule has 1 saturated heterocycles. The second kappa shape index (κ2) is 4.47. The molecule has 0 radical (unpaired) electrons. The fraction of sp³-hybridized carbons (Fsp3) is 0.643. The van der Waals surface area contributed by atoms with Crippen molar-refractivity contribution in [3.63, 3.8) is 0 Å². The van der Waals surface area contributed by atoms with Crippen LogP contribution < -0.4 is 5.32 Å². The summed E-state index contributed by atoms with van der Waals surface area (Å²) in [4.78, 5) is 26.0. The highest BCUT2D eigenvalue weighted by atomic mass is 16.6. The topological polar surface area (TPSA) is 76.5 Å². The first kappa shape index (κ1) is 12.7. The lowest BCUT2D eigenvalue weighted by Crippen LogP contribution is -2.51. The number of rotatable bonds is 2. The molecule has 0 unspecified atom stereocenters. The standard InChI is InChI=1S/C14H18N4O3/c19-12-14(18-11(16-12)3-6-15-18)4-7-17(8-5-14)13(20)21-9-10-1-2-10/h3,6,10H,1-2,4-5,7-9H2,(H,16,19). The molecule has 0 atom stereocenters. The number of nitrogens with zero attached hydrogens (tertiary/aromatic N) is 3. The van der Waals surface area contributed by atoms with E-state index in [9.17, 15) is 9.59 Å². The monoisotopic (exact) mass is 290 g/mol. The quantitative estimate of drug-likeness (QED) is 0.887. The Morgan fingerprint density at radius 2 is 2.19 bits per heavy atom. The van der Waals surface area contributed by atoms with Crippen molar-refractivity contribution in [2.75, 3.05) is 25.0 Å². The van der Waals surface area contributed by atoms with Crippen LogP contribution in [0.2, 0.25) is 0 Å². The van der Waals surface area contributed by atoms with Gasteiger partial charge in [0.05, 0.1) is 12.8 Å². The van der Waals surface area contributed by atoms with Crippen molar-refractivity contribution >= 4 is 17.8 Å². The summed E-state index contributed by atoms with van der Waals surface area (Å²) in [6.45, 7) is 1.58. The van der Waals surface area contributed by atoms with Gasteiger partial charge in [0.2, 0.25) is 0 Å². The third-order valence-corrected chi connectivity index (χ3v) is 4.70. The minimum Gasteiger partial charge on any atom is -0.449 e. The van der Waals surface area contributed by atoms with Crippen LogP contribution in [-0.4, -0.2) is 46.4 Å². The molecule has 0 bridgehead atoms. The molecular formula is C14H18N4O3. The SMILES string of the molecule is O=C(OCC1CC1)N1CCC2(CC1)C(=O)Nc1ccnn12. The Kier molecular flexibility index (Phi) is 2.70. The molecule has 4 rings (SSSR count). The van der Waals surface area contributed by atoms with E-state index >= 15 is 0 Å². The van der Waals surface area contributed by atoms with E-state index in [1.54, 1.807) is 21.8 Å². The first-order valence-electron chi connectivity index (χ1n) is 7.47. The van der Waals surface area contributed by atoms with Gasteiger partial charge in [-0.25, -0.2) is 9.48 Å². The number of piperidine rings is 1. The smallest absolute Gasteiger partial charge is 0.409 e. The minimum atomic E-state index is -0.633. The van der Waals surface area contributed by atoms with Gasteiger partial charge in [0.15, 0.2) is 0 Å². The van der Waals surface area contributed by atoms with Gasteiger partial charge in [0.25, 0.3) is 5.91 Å². The van der Waals surface area contributed by atoms with Crippen molar-refractivity contribution in [2.24, 2.45) is 5.92 Å². The summed E-state index contributed by atoms with van der Waals surface area (Å²) < 4.78 is 7.07. The maximum atomic E-state index is 12.3. The van der Waals surface area contributed by atoms with E-state index in [4.69, 9.17) is 4.74 Å². The summed E-state index contributed by atoms with van der Waals surface area (Å²) in [5, 5.41) is 7.12. The average Bonchev–Trinajstić information content (AvgIpc) is 3.16. The Morgan fingerprint density at radius 1 is 1.43 bits per heavy atom. The van der Waals surface area contributed by atoms with Gasteiger partial charge in [0.1, 0.15) is 11.4 Å². The molecule has 1 saturated carbocycles. The molecule has 7 nitrogen and oxygen atoms in total. The van der Waals surface area contributed by atoms with Gasteiger partial charge in [-0.05, 0) is 31.6 Å². The Balaban J connectivity index is 1.42. The van der Waals surface area contributed by atoms with Gasteiger partial charge in [-0.15, -0.1) is 0 Å². The van der Waals surface area contributed by atoms with Gasteiger partial charge in [0, 0.05) is 19.2 Å². The maximum Gasteiger partial charge on any atom is 0.409 e. The van der Waals surface area contributed by atoms with Crippen molar-refractivity contribution in [3.8, 4) is 0 Å². The molecule has 1 aromatic heterocycles. The van der Waals surface area contributed by atoms with Crippen LogP contribution >= 0.6 is 0 Å². The Morgan fingerprint density at radius 3 is 2.90 bits per heavy atom. The third-order valence-electron chi connectivity index (χ3n) is 4.70. The number of fused-ring (bicyclic) bond motifs is 2. The van der Waals surface area contributed by atoms with Crippen LogP contribution in [0.3, 0.4) is 0 Å². The van der Waals surface area contributed by atoms with Crippen LogP contribution in [0.4, 0.5) is 10.6 Å². The minimum absolute atomic E-state index is 0.0170. The van der Waals surface area contributed by atoms with Crippen molar-refractivity contribution in [1.29, 1.82) is 0 Å². The summed E-state index contributed by atoms with van der Waals surface area (Å²) >= 11 is 0. The first-order chi connectivity index (χ1) is 10.2. The maximum absolute atomic E-state index is 12.3. The predicted octanol–water partition coefficient (Wildman–Crippen LogP) is 1.17. The summed E-state index contributed by atoms with van der Waals surface area (Å²) in [5.74, 6) is 1.29. The number of ether oxygens (including phenoxy) is 1. The van der Waals surface area contributed by atoms with Crippen LogP contribution in [0.1, 0.15) is 25.7 Å². The fourth-order valence-corrected chi connectivity index (χ4v) is 3.13. The highest BCUT2D eigenvalue weighted by molar-refractivity contribution is 6.00. The number of amides is 2. The Labute approximate surface area is 122 Å². The number of carbonyl (C=O) groups excluding carboxylic acids is 2. The van der Waals surface area contributed by atoms with Crippen molar-refractivity contribution < 1.29 is 14.3 Å². The normalized spacial score (nSPS) is 23.0. The molecule has 1 spiro atoms. The molecule has 3 aliphatic rings. The molecule has 112 valence electrons. The van der Waals surface area contributed by atoms with Crippen LogP contribution in [0, 0.1) is 5.92 Å². The van der Waals surface area contributed by atoms with E-state index in [1.807, 2.05) is 0 Å². The zero-order valence-electron chi connectivity index (χ0n) is 11.7. The number of carbonyl (C=O) groups is 2. The number of likely N-dealkylation sites (tertiary alicyclic amines) is 1. The van der Waals surface area contributed by atoms with Crippen LogP contribution in [0.5, 0.6) is 0 Å². The molecule has 7 heteroatoms. The van der Waals surface area contributed by atoms with Crippen molar-refractivity contribution in [1.82, 2.24) is 14.7 Å². The molecule has 3 heterocycles. The van der Waals surface area contributed by atoms with E-state index in [0.717, 1.165) is 5.82 Å². The first-order valence-corrected chi connectivity index (χ1v) is 7.47. The lowest BCUT2D eigenvalue weighted by molar-refractivity contribution is -0.125. The number of anilines is 1. The molecule has 1 aliphatic carbocycles. The number of hydrogen-bond donors (Lipinski definition) is 1. The van der Waals surface area contributed by atoms with Crippen LogP contribution in [0.15, 0.2) is 12.3 Å². The molecule has 1 aromatic rings. The summed E-state index contributed by atoms with van der Waals surface area (Å²) in [5.41, 5.74) is -0.633. The molecule has 2 aliphatic heterocycles. The summed E-state index contributed by atoms with van der Waals surface area (Å²) in [6, 6.07) is 1.79. The molecule has 21 heavy (non-hydrogen) atoms. The summed E-state index contributed by atoms with van der Waals surface area (Å²) in [6.07, 6.45) is 4.91. The van der Waals surface area contributed by atoms with E-state index < -0.39 is 5.54 Å². The third kappa shape index (κ3) is 1.99. The lowest BCUT2D eigenvalue weighted by atomic mass is 9.88. The molecule has 2 fully saturated rings. The average molecular weight is 290 g/mol. The van der Waals surface area contributed by atoms with Crippen LogP contribution in [0.25, 0.3) is 0 Å². The molecule has 1 N–H and O–H groups in total. The van der Waals surface area contributed by atoms with Gasteiger partial charge >= 0.3 is 6.09 Å². The van der Waals surface area contributed by atoms with Gasteiger partial charge in [-0.2, -0.15) is 5.10 Å². The second-order valence-corrected chi connectivity index (χ2v) is 6.12. The van der Waals surface area contributed by atoms with Crippen molar-refractivity contribution in [2.45, 2.75) is 31.2 Å². The van der Waals surface area contributed by atoms with Gasteiger partial charge in [-0.3, -0.25) is 4.79 Å². The van der Waals surface area contributed by atoms with E-state index in [-0.39, 0.29) is 12.0 Å². The van der Waals surface area contributed by atoms with Crippen molar-refractivity contribution in [3.05, 3.63) is 12.3 Å². The Hall–Kier alpha value is -2.05. The second-order valence-electron chi connectivity index (χ2n) is 6.12. The number of aromatic nitrogens is 2.